The molecule has 0 bridgehead atoms. The molecule has 0 atom stereocenters. The van der Waals surface area contributed by atoms with E-state index in [9.17, 15) is 14.4 Å². The minimum atomic E-state index is -1.42. The minimum absolute atomic E-state index is 0.0833. The Hall–Kier alpha value is -2.89. The molecule has 2 rings (SSSR count). The average Bonchev–Trinajstić information content (AvgIpc) is 2.63. The molecule has 2 aliphatic carbocycles. The highest BCUT2D eigenvalue weighted by Gasteiger charge is 2.23. The fraction of sp³-hybridized carbons (Fsp3) is 0. The molecule has 0 aromatic rings. The van der Waals surface area contributed by atoms with Gasteiger partial charge in [-0.3, -0.25) is 0 Å². The van der Waals surface area contributed by atoms with Crippen molar-refractivity contribution in [3.8, 4) is 11.1 Å². The van der Waals surface area contributed by atoms with Crippen LogP contribution < -0.4 is 0 Å². The summed E-state index contributed by atoms with van der Waals surface area (Å²) < 4.78 is 0. The van der Waals surface area contributed by atoms with Crippen LogP contribution in [0.4, 0.5) is 0 Å². The quantitative estimate of drug-likeness (QED) is 0.776. The lowest BCUT2D eigenvalue weighted by Crippen LogP contribution is -2.07. The fourth-order valence-electron chi connectivity index (χ4n) is 1.89. The van der Waals surface area contributed by atoms with Gasteiger partial charge in [0.2, 0.25) is 0 Å². The summed E-state index contributed by atoms with van der Waals surface area (Å²) in [6, 6.07) is 6.49. The maximum absolute atomic E-state index is 11.2. The number of hydrogen-bond acceptors (Lipinski definition) is 3. The number of hydrogen-bond donors (Lipinski definition) is 3. The molecule has 6 heteroatoms. The van der Waals surface area contributed by atoms with Crippen molar-refractivity contribution in [2.45, 2.75) is 0 Å². The first kappa shape index (κ1) is 12.6. The number of fused-ring (bicyclic) bond motifs is 1. The lowest BCUT2D eigenvalue weighted by Gasteiger charge is -2.01. The highest BCUT2D eigenvalue weighted by atomic mass is 16.4. The topological polar surface area (TPSA) is 112 Å². The number of carboxylic acids is 3. The summed E-state index contributed by atoms with van der Waals surface area (Å²) in [4.78, 5) is 33.2. The molecule has 0 unspecified atom stereocenters. The maximum Gasteiger partial charge on any atom is 0.337 e. The van der Waals surface area contributed by atoms with Crippen molar-refractivity contribution >= 4 is 17.9 Å². The smallest absolute Gasteiger partial charge is 0.337 e. The summed E-state index contributed by atoms with van der Waals surface area (Å²) in [7, 11) is 0. The van der Waals surface area contributed by atoms with E-state index in [-0.39, 0.29) is 16.7 Å². The van der Waals surface area contributed by atoms with Gasteiger partial charge >= 0.3 is 17.9 Å². The third kappa shape index (κ3) is 2.11. The van der Waals surface area contributed by atoms with Gasteiger partial charge in [0, 0.05) is 0 Å². The van der Waals surface area contributed by atoms with Gasteiger partial charge < -0.3 is 15.3 Å². The lowest BCUT2D eigenvalue weighted by molar-refractivity contribution is 0.0652. The zero-order valence-corrected chi connectivity index (χ0v) is 9.45. The second kappa shape index (κ2) is 4.41. The molecule has 0 aliphatic heterocycles. The molecule has 96 valence electrons. The second-order valence-corrected chi connectivity index (χ2v) is 3.84. The highest BCUT2D eigenvalue weighted by Crippen LogP contribution is 2.30. The third-order valence-electron chi connectivity index (χ3n) is 2.69. The molecule has 0 spiro atoms. The average molecular weight is 260 g/mol. The van der Waals surface area contributed by atoms with Crippen LogP contribution in [-0.2, 0) is 0 Å². The molecule has 0 aromatic carbocycles. The molecule has 0 fully saturated rings. The van der Waals surface area contributed by atoms with Crippen LogP contribution in [0.3, 0.4) is 0 Å². The molecule has 0 radical (unpaired) electrons. The molecule has 0 heterocycles. The number of carboxylic acid groups (broad SMARTS) is 3. The van der Waals surface area contributed by atoms with Gasteiger partial charge in [-0.1, -0.05) is 12.1 Å². The van der Waals surface area contributed by atoms with Gasteiger partial charge in [-0.15, -0.1) is 0 Å². The van der Waals surface area contributed by atoms with E-state index >= 15 is 0 Å². The fourth-order valence-corrected chi connectivity index (χ4v) is 1.89. The van der Waals surface area contributed by atoms with Gasteiger partial charge in [0.1, 0.15) is 0 Å². The van der Waals surface area contributed by atoms with E-state index < -0.39 is 23.5 Å². The van der Waals surface area contributed by atoms with Crippen LogP contribution in [0.25, 0.3) is 11.1 Å². The van der Waals surface area contributed by atoms with Crippen molar-refractivity contribution < 1.29 is 29.7 Å². The molecular weight excluding hydrogens is 252 g/mol. The highest BCUT2D eigenvalue weighted by molar-refractivity contribution is 6.08. The Kier molecular flexibility index (Phi) is 2.92. The molecule has 6 nitrogen and oxygen atoms in total. The van der Waals surface area contributed by atoms with E-state index in [0.29, 0.717) is 5.56 Å². The molecule has 0 saturated heterocycles. The molecule has 19 heavy (non-hydrogen) atoms. The summed E-state index contributed by atoms with van der Waals surface area (Å²) in [6.07, 6.45) is 0. The molecule has 0 aromatic heterocycles. The number of rotatable bonds is 3. The van der Waals surface area contributed by atoms with Crippen molar-refractivity contribution in [1.82, 2.24) is 0 Å². The molecular formula is C13H8O6. The van der Waals surface area contributed by atoms with Crippen LogP contribution in [-0.4, -0.2) is 33.2 Å². The molecule has 0 amide bonds. The Morgan fingerprint density at radius 1 is 0.842 bits per heavy atom. The van der Waals surface area contributed by atoms with Crippen LogP contribution in [0.5, 0.6) is 0 Å². The van der Waals surface area contributed by atoms with Gasteiger partial charge in [0.25, 0.3) is 0 Å². The summed E-state index contributed by atoms with van der Waals surface area (Å²) >= 11 is 0. The van der Waals surface area contributed by atoms with Crippen LogP contribution in [0, 0.1) is 0 Å². The van der Waals surface area contributed by atoms with E-state index in [0.717, 1.165) is 6.07 Å². The molecule has 3 N–H and O–H groups in total. The predicted molar refractivity (Wildman–Crippen MR) is 63.9 cm³/mol. The first-order chi connectivity index (χ1) is 8.91. The Labute approximate surface area is 106 Å². The molecule has 0 saturated carbocycles. The Morgan fingerprint density at radius 3 is 2.05 bits per heavy atom. The van der Waals surface area contributed by atoms with Crippen molar-refractivity contribution in [2.75, 3.05) is 0 Å². The zero-order chi connectivity index (χ0) is 14.2. The minimum Gasteiger partial charge on any atom is -0.478 e. The monoisotopic (exact) mass is 260 g/mol. The second-order valence-electron chi connectivity index (χ2n) is 3.84. The van der Waals surface area contributed by atoms with E-state index in [1.807, 2.05) is 0 Å². The van der Waals surface area contributed by atoms with Crippen molar-refractivity contribution in [1.29, 1.82) is 0 Å². The first-order valence-corrected chi connectivity index (χ1v) is 5.18. The Bertz CT molecular complexity index is 673. The van der Waals surface area contributed by atoms with Crippen LogP contribution in [0.1, 0.15) is 31.1 Å². The van der Waals surface area contributed by atoms with Gasteiger partial charge in [-0.25, -0.2) is 14.4 Å². The summed E-state index contributed by atoms with van der Waals surface area (Å²) in [5.41, 5.74) is -0.431. The normalized spacial score (nSPS) is 10.3. The number of carbonyl (C=O) groups is 3. The van der Waals surface area contributed by atoms with Gasteiger partial charge in [0.05, 0.1) is 16.7 Å². The first-order valence-electron chi connectivity index (χ1n) is 5.18. The summed E-state index contributed by atoms with van der Waals surface area (Å²) in [5, 5.41) is 27.1. The van der Waals surface area contributed by atoms with Crippen molar-refractivity contribution in [3.05, 3.63) is 47.0 Å². The lowest BCUT2D eigenvalue weighted by atomic mass is 10.0. The van der Waals surface area contributed by atoms with Crippen molar-refractivity contribution in [2.24, 2.45) is 0 Å². The summed E-state index contributed by atoms with van der Waals surface area (Å²) in [5.74, 6) is -4.00. The Balaban J connectivity index is 2.87. The van der Waals surface area contributed by atoms with E-state index in [4.69, 9.17) is 15.3 Å². The summed E-state index contributed by atoms with van der Waals surface area (Å²) in [6.45, 7) is 0. The third-order valence-corrected chi connectivity index (χ3v) is 2.69. The molecule has 2 aliphatic rings. The predicted octanol–water partition coefficient (Wildman–Crippen LogP) is 1.89. The van der Waals surface area contributed by atoms with E-state index in [2.05, 4.69) is 0 Å². The maximum atomic E-state index is 11.2. The van der Waals surface area contributed by atoms with E-state index in [1.54, 1.807) is 0 Å². The van der Waals surface area contributed by atoms with Gasteiger partial charge in [0.15, 0.2) is 0 Å². The van der Waals surface area contributed by atoms with Crippen molar-refractivity contribution in [3.63, 3.8) is 0 Å². The largest absolute Gasteiger partial charge is 0.478 e. The van der Waals surface area contributed by atoms with Crippen LogP contribution in [0.15, 0.2) is 30.3 Å². The van der Waals surface area contributed by atoms with Crippen LogP contribution in [0.2, 0.25) is 0 Å². The SMILES string of the molecule is O=C(O)c1cc2cccc(C(=O)O)c(C(=O)O)c-2c1. The zero-order valence-electron chi connectivity index (χ0n) is 9.45. The van der Waals surface area contributed by atoms with E-state index in [1.165, 1.54) is 24.3 Å². The standard InChI is InChI=1S/C13H8O6/c14-11(15)7-4-6-2-1-3-8(12(16)17)10(13(18)19)9(6)5-7/h1-5H,(H,14,15)(H,16,17)(H,18,19). The van der Waals surface area contributed by atoms with Gasteiger partial charge in [-0.2, -0.15) is 0 Å². The Morgan fingerprint density at radius 2 is 1.53 bits per heavy atom. The number of aromatic carboxylic acids is 3. The van der Waals surface area contributed by atoms with Gasteiger partial charge in [-0.05, 0) is 29.3 Å². The van der Waals surface area contributed by atoms with Crippen LogP contribution >= 0.6 is 0 Å².